The molecule has 0 saturated heterocycles. The number of hydrogen-bond acceptors (Lipinski definition) is 6. The van der Waals surface area contributed by atoms with Crippen molar-refractivity contribution < 1.29 is 28.5 Å². The van der Waals surface area contributed by atoms with Crippen molar-refractivity contribution in [3.63, 3.8) is 0 Å². The van der Waals surface area contributed by atoms with E-state index in [1.54, 1.807) is 50.2 Å². The number of carbonyl (C=O) groups excluding carboxylic acids is 2. The van der Waals surface area contributed by atoms with Gasteiger partial charge in [0.2, 0.25) is 5.75 Å². The smallest absolute Gasteiger partial charge is 0.338 e. The van der Waals surface area contributed by atoms with Crippen molar-refractivity contribution in [3.05, 3.63) is 47.5 Å². The summed E-state index contributed by atoms with van der Waals surface area (Å²) in [7, 11) is 0. The van der Waals surface area contributed by atoms with Crippen LogP contribution >= 0.6 is 0 Å². The van der Waals surface area contributed by atoms with Crippen molar-refractivity contribution >= 4 is 17.6 Å². The zero-order chi connectivity index (χ0) is 22.1. The lowest BCUT2D eigenvalue weighted by Gasteiger charge is -2.17. The molecule has 162 valence electrons. The first kappa shape index (κ1) is 23.1. The highest BCUT2D eigenvalue weighted by Gasteiger charge is 2.18. The van der Waals surface area contributed by atoms with E-state index in [9.17, 15) is 9.59 Å². The number of amides is 1. The Kier molecular flexibility index (Phi) is 8.53. The molecule has 0 fully saturated rings. The van der Waals surface area contributed by atoms with Gasteiger partial charge in [-0.1, -0.05) is 0 Å². The maximum absolute atomic E-state index is 12.8. The molecule has 0 aromatic heterocycles. The van der Waals surface area contributed by atoms with E-state index < -0.39 is 5.97 Å². The first-order valence-corrected chi connectivity index (χ1v) is 10.1. The maximum atomic E-state index is 12.8. The molecular weight excluding hydrogens is 386 g/mol. The van der Waals surface area contributed by atoms with Gasteiger partial charge in [0.1, 0.15) is 0 Å². The molecular formula is C23H29NO6. The summed E-state index contributed by atoms with van der Waals surface area (Å²) in [5.74, 6) is 0.629. The predicted octanol–water partition coefficient (Wildman–Crippen LogP) is 4.70. The van der Waals surface area contributed by atoms with E-state index in [0.29, 0.717) is 53.9 Å². The molecule has 1 amide bonds. The van der Waals surface area contributed by atoms with Crippen LogP contribution in [0.25, 0.3) is 0 Å². The number of benzene rings is 2. The maximum Gasteiger partial charge on any atom is 0.338 e. The van der Waals surface area contributed by atoms with Crippen LogP contribution in [0.2, 0.25) is 0 Å². The van der Waals surface area contributed by atoms with E-state index >= 15 is 0 Å². The molecule has 1 N–H and O–H groups in total. The third kappa shape index (κ3) is 6.14. The molecule has 0 bridgehead atoms. The summed E-state index contributed by atoms with van der Waals surface area (Å²) in [6, 6.07) is 9.76. The number of ether oxygens (including phenoxy) is 4. The molecule has 2 rings (SSSR count). The Bertz CT molecular complexity index is 833. The van der Waals surface area contributed by atoms with Crippen molar-refractivity contribution in [2.45, 2.75) is 40.7 Å². The molecule has 0 atom stereocenters. The average molecular weight is 415 g/mol. The summed E-state index contributed by atoms with van der Waals surface area (Å²) in [5.41, 5.74) is 1.33. The minimum Gasteiger partial charge on any atom is -0.490 e. The number of rotatable bonds is 10. The van der Waals surface area contributed by atoms with Gasteiger partial charge in [-0.05, 0) is 71.0 Å². The topological polar surface area (TPSA) is 83.1 Å². The van der Waals surface area contributed by atoms with E-state index in [0.717, 1.165) is 0 Å². The zero-order valence-corrected chi connectivity index (χ0v) is 18.1. The normalized spacial score (nSPS) is 10.5. The van der Waals surface area contributed by atoms with Gasteiger partial charge in [-0.15, -0.1) is 0 Å². The van der Waals surface area contributed by atoms with Gasteiger partial charge in [-0.25, -0.2) is 4.79 Å². The number of anilines is 1. The van der Waals surface area contributed by atoms with Gasteiger partial charge in [0.05, 0.1) is 31.5 Å². The highest BCUT2D eigenvalue weighted by molar-refractivity contribution is 6.05. The Hall–Kier alpha value is -3.22. The number of esters is 1. The van der Waals surface area contributed by atoms with Gasteiger partial charge in [0.25, 0.3) is 5.91 Å². The summed E-state index contributed by atoms with van der Waals surface area (Å²) >= 11 is 0. The van der Waals surface area contributed by atoms with E-state index in [4.69, 9.17) is 18.9 Å². The SMILES string of the molecule is CCOc1cc(C(=O)Nc2ccc(C(=O)OC(C)C)cc2)cc(OCC)c1OCC. The Labute approximate surface area is 177 Å². The fraction of sp³-hybridized carbons (Fsp3) is 0.391. The van der Waals surface area contributed by atoms with Gasteiger partial charge >= 0.3 is 5.97 Å². The molecule has 7 nitrogen and oxygen atoms in total. The van der Waals surface area contributed by atoms with Gasteiger partial charge < -0.3 is 24.3 Å². The molecule has 0 unspecified atom stereocenters. The van der Waals surface area contributed by atoms with Crippen molar-refractivity contribution in [2.24, 2.45) is 0 Å². The summed E-state index contributed by atoms with van der Waals surface area (Å²) in [6.45, 7) is 10.4. The molecule has 0 aliphatic rings. The fourth-order valence-electron chi connectivity index (χ4n) is 2.69. The molecule has 0 aliphatic carbocycles. The average Bonchev–Trinajstić information content (AvgIpc) is 2.70. The molecule has 2 aromatic carbocycles. The van der Waals surface area contributed by atoms with Crippen LogP contribution in [0, 0.1) is 0 Å². The van der Waals surface area contributed by atoms with Crippen molar-refractivity contribution in [3.8, 4) is 17.2 Å². The quantitative estimate of drug-likeness (QED) is 0.566. The molecule has 0 radical (unpaired) electrons. The molecule has 0 spiro atoms. The lowest BCUT2D eigenvalue weighted by molar-refractivity contribution is 0.0378. The Morgan fingerprint density at radius 3 is 1.83 bits per heavy atom. The standard InChI is InChI=1S/C23H29NO6/c1-6-27-19-13-17(14-20(28-7-2)21(19)29-8-3)22(25)24-18-11-9-16(10-12-18)23(26)30-15(4)5/h9-15H,6-8H2,1-5H3,(H,24,25). The van der Waals surface area contributed by atoms with Crippen LogP contribution in [0.4, 0.5) is 5.69 Å². The minimum absolute atomic E-state index is 0.199. The van der Waals surface area contributed by atoms with Crippen molar-refractivity contribution in [1.29, 1.82) is 0 Å². The molecule has 0 aliphatic heterocycles. The first-order valence-electron chi connectivity index (χ1n) is 10.1. The van der Waals surface area contributed by atoms with Gasteiger partial charge in [0, 0.05) is 11.3 Å². The molecule has 7 heteroatoms. The fourth-order valence-corrected chi connectivity index (χ4v) is 2.69. The zero-order valence-electron chi connectivity index (χ0n) is 18.1. The largest absolute Gasteiger partial charge is 0.490 e. The molecule has 0 saturated carbocycles. The van der Waals surface area contributed by atoms with Crippen LogP contribution < -0.4 is 19.5 Å². The van der Waals surface area contributed by atoms with E-state index in [2.05, 4.69) is 5.32 Å². The van der Waals surface area contributed by atoms with Crippen LogP contribution in [0.3, 0.4) is 0 Å². The second-order valence-electron chi connectivity index (χ2n) is 6.59. The van der Waals surface area contributed by atoms with Gasteiger partial charge in [0.15, 0.2) is 11.5 Å². The number of nitrogens with one attached hydrogen (secondary N) is 1. The summed E-state index contributed by atoms with van der Waals surface area (Å²) in [5, 5.41) is 2.81. The second-order valence-corrected chi connectivity index (χ2v) is 6.59. The molecule has 2 aromatic rings. The van der Waals surface area contributed by atoms with Crippen LogP contribution in [-0.4, -0.2) is 37.8 Å². The Morgan fingerprint density at radius 2 is 1.37 bits per heavy atom. The molecule has 30 heavy (non-hydrogen) atoms. The second kappa shape index (κ2) is 11.1. The minimum atomic E-state index is -0.405. The Balaban J connectivity index is 2.24. The Morgan fingerprint density at radius 1 is 0.833 bits per heavy atom. The van der Waals surface area contributed by atoms with E-state index in [-0.39, 0.29) is 12.0 Å². The van der Waals surface area contributed by atoms with Crippen molar-refractivity contribution in [1.82, 2.24) is 0 Å². The summed E-state index contributed by atoms with van der Waals surface area (Å²) in [4.78, 5) is 24.7. The first-order chi connectivity index (χ1) is 14.4. The summed E-state index contributed by atoms with van der Waals surface area (Å²) in [6.07, 6.45) is -0.199. The molecule has 0 heterocycles. The number of hydrogen-bond donors (Lipinski definition) is 1. The van der Waals surface area contributed by atoms with Crippen LogP contribution in [0.5, 0.6) is 17.2 Å². The van der Waals surface area contributed by atoms with Gasteiger partial charge in [-0.3, -0.25) is 4.79 Å². The van der Waals surface area contributed by atoms with Crippen molar-refractivity contribution in [2.75, 3.05) is 25.1 Å². The van der Waals surface area contributed by atoms with Gasteiger partial charge in [-0.2, -0.15) is 0 Å². The number of carbonyl (C=O) groups is 2. The van der Waals surface area contributed by atoms with E-state index in [1.807, 2.05) is 20.8 Å². The van der Waals surface area contributed by atoms with Crippen LogP contribution in [0.15, 0.2) is 36.4 Å². The third-order valence-corrected chi connectivity index (χ3v) is 3.89. The highest BCUT2D eigenvalue weighted by Crippen LogP contribution is 2.39. The van der Waals surface area contributed by atoms with E-state index in [1.165, 1.54) is 0 Å². The predicted molar refractivity (Wildman–Crippen MR) is 115 cm³/mol. The van der Waals surface area contributed by atoms with Crippen LogP contribution in [0.1, 0.15) is 55.3 Å². The third-order valence-electron chi connectivity index (χ3n) is 3.89. The highest BCUT2D eigenvalue weighted by atomic mass is 16.5. The lowest BCUT2D eigenvalue weighted by atomic mass is 10.1. The monoisotopic (exact) mass is 415 g/mol. The van der Waals surface area contributed by atoms with Crippen LogP contribution in [-0.2, 0) is 4.74 Å². The summed E-state index contributed by atoms with van der Waals surface area (Å²) < 4.78 is 22.1. The lowest BCUT2D eigenvalue weighted by Crippen LogP contribution is -2.14.